The van der Waals surface area contributed by atoms with Gasteiger partial charge in [-0.05, 0) is 181 Å². The summed E-state index contributed by atoms with van der Waals surface area (Å²) in [5.41, 5.74) is 28.5. The van der Waals surface area contributed by atoms with E-state index in [0.29, 0.717) is 0 Å². The first-order valence-corrected chi connectivity index (χ1v) is 27.8. The van der Waals surface area contributed by atoms with Crippen molar-refractivity contribution in [2.24, 2.45) is 10.8 Å². The lowest BCUT2D eigenvalue weighted by Crippen LogP contribution is -2.61. The summed E-state index contributed by atoms with van der Waals surface area (Å²) in [5.74, 6) is 0. The van der Waals surface area contributed by atoms with E-state index in [1.165, 1.54) is 106 Å². The molecule has 0 unspecified atom stereocenters. The van der Waals surface area contributed by atoms with Crippen LogP contribution in [0.4, 0.5) is 51.2 Å². The minimum atomic E-state index is -0.0532. The quantitative estimate of drug-likeness (QED) is 0.147. The first-order chi connectivity index (χ1) is 36.4. The summed E-state index contributed by atoms with van der Waals surface area (Å²) in [6.07, 6.45) is 4.24. The van der Waals surface area contributed by atoms with Gasteiger partial charge >= 0.3 is 0 Å². The topological polar surface area (TPSA) is 9.72 Å². The highest BCUT2D eigenvalue weighted by atomic mass is 15.2. The van der Waals surface area contributed by atoms with E-state index in [9.17, 15) is 0 Å². The SMILES string of the molecule is CC1(C)Cc2cc3c(cc2C1)N(c1ccc(C(C)(C)C)cc1-c1ccccc1)c1cc(N(c2ccccc2)c2ccccc2)cc2c1B3c1cc3c(cc1N2c1ccc(C(C)(C)C)cc1-c1ccccc1)CC(C)(C)C3. The highest BCUT2D eigenvalue weighted by Gasteiger charge is 2.47. The van der Waals surface area contributed by atoms with E-state index >= 15 is 0 Å². The number of rotatable bonds is 7. The predicted octanol–water partition coefficient (Wildman–Crippen LogP) is 17.4. The molecule has 9 aromatic carbocycles. The lowest BCUT2D eigenvalue weighted by Gasteiger charge is -2.46. The van der Waals surface area contributed by atoms with Gasteiger partial charge in [0.25, 0.3) is 6.71 Å². The smallest absolute Gasteiger partial charge is 0.252 e. The second kappa shape index (κ2) is 17.5. The van der Waals surface area contributed by atoms with Gasteiger partial charge in [-0.15, -0.1) is 0 Å². The van der Waals surface area contributed by atoms with Gasteiger partial charge < -0.3 is 14.7 Å². The van der Waals surface area contributed by atoms with E-state index in [1.54, 1.807) is 0 Å². The highest BCUT2D eigenvalue weighted by Crippen LogP contribution is 2.53. The minimum Gasteiger partial charge on any atom is -0.311 e. The van der Waals surface area contributed by atoms with Crippen molar-refractivity contribution in [1.82, 2.24) is 0 Å². The van der Waals surface area contributed by atoms with E-state index in [0.717, 1.165) is 42.7 Å². The Labute approximate surface area is 453 Å². The third kappa shape index (κ3) is 8.19. The molecule has 0 spiro atoms. The number of benzene rings is 9. The largest absolute Gasteiger partial charge is 0.311 e. The van der Waals surface area contributed by atoms with Crippen LogP contribution in [0.2, 0.25) is 0 Å². The Morgan fingerprint density at radius 2 is 0.724 bits per heavy atom. The molecule has 0 bridgehead atoms. The van der Waals surface area contributed by atoms with Crippen molar-refractivity contribution in [2.75, 3.05) is 14.7 Å². The Balaban J connectivity index is 1.21. The standard InChI is InChI=1S/C72H70BN3/c1-69(2,3)53-31-33-62(58(39-53)47-23-15-11-16-24-47)75-64-37-51-45-71(7,8)43-49(51)35-60(64)73-61-36-50-44-72(9,10)46-52(50)38-65(61)76(63-34-32-54(70(4,5)6)40-59(63)48-25-17-12-18-26-48)67-42-57(41-66(75)68(67)73)74(55-27-19-13-20-28-55)56-29-21-14-22-30-56/h11-42H,43-46H2,1-10H3. The van der Waals surface area contributed by atoms with Crippen molar-refractivity contribution in [2.45, 2.75) is 106 Å². The van der Waals surface area contributed by atoms with Crippen molar-refractivity contribution in [3.8, 4) is 22.3 Å². The molecule has 4 aliphatic rings. The number of hydrogen-bond acceptors (Lipinski definition) is 3. The number of para-hydroxylation sites is 2. The number of nitrogens with zero attached hydrogens (tertiary/aromatic N) is 3. The van der Waals surface area contributed by atoms with Gasteiger partial charge in [0, 0.05) is 45.3 Å². The summed E-state index contributed by atoms with van der Waals surface area (Å²) in [7, 11) is 0. The van der Waals surface area contributed by atoms with Gasteiger partial charge in [-0.25, -0.2) is 0 Å². The van der Waals surface area contributed by atoms with Crippen LogP contribution >= 0.6 is 0 Å². The monoisotopic (exact) mass is 988 g/mol. The van der Waals surface area contributed by atoms with Crippen molar-refractivity contribution in [3.05, 3.63) is 228 Å². The highest BCUT2D eigenvalue weighted by molar-refractivity contribution is 7.00. The van der Waals surface area contributed by atoms with Crippen LogP contribution < -0.4 is 31.1 Å². The second-order valence-corrected chi connectivity index (χ2v) is 26.1. The average Bonchev–Trinajstić information content (AvgIpc) is 3.66. The zero-order chi connectivity index (χ0) is 52.5. The Morgan fingerprint density at radius 3 is 1.09 bits per heavy atom. The maximum atomic E-state index is 2.70. The second-order valence-electron chi connectivity index (χ2n) is 26.1. The maximum absolute atomic E-state index is 2.70. The van der Waals surface area contributed by atoms with Gasteiger partial charge in [0.05, 0.1) is 17.1 Å². The molecule has 376 valence electrons. The van der Waals surface area contributed by atoms with Crippen molar-refractivity contribution in [3.63, 3.8) is 0 Å². The fraction of sp³-hybridized carbons (Fsp3) is 0.250. The molecule has 0 saturated heterocycles. The number of anilines is 9. The van der Waals surface area contributed by atoms with Gasteiger partial charge in [0.15, 0.2) is 0 Å². The van der Waals surface area contributed by atoms with Gasteiger partial charge in [-0.2, -0.15) is 0 Å². The number of hydrogen-bond donors (Lipinski definition) is 0. The molecule has 2 aliphatic carbocycles. The molecule has 0 fully saturated rings. The first kappa shape index (κ1) is 48.1. The third-order valence-corrected chi connectivity index (χ3v) is 17.0. The molecular formula is C72H70BN3. The van der Waals surface area contributed by atoms with Gasteiger partial charge in [-0.3, -0.25) is 0 Å². The molecule has 0 radical (unpaired) electrons. The molecule has 2 heterocycles. The van der Waals surface area contributed by atoms with Gasteiger partial charge in [0.1, 0.15) is 0 Å². The first-order valence-electron chi connectivity index (χ1n) is 27.8. The molecule has 0 aromatic heterocycles. The van der Waals surface area contributed by atoms with Crippen LogP contribution in [0.1, 0.15) is 103 Å². The Morgan fingerprint density at radius 1 is 0.368 bits per heavy atom. The summed E-state index contributed by atoms with van der Waals surface area (Å²) in [6.45, 7) is 23.8. The molecular weight excluding hydrogens is 918 g/mol. The normalized spacial score (nSPS) is 15.7. The number of fused-ring (bicyclic) bond motifs is 6. The van der Waals surface area contributed by atoms with Crippen LogP contribution in [-0.4, -0.2) is 6.71 Å². The molecule has 0 amide bonds. The summed E-state index contributed by atoms with van der Waals surface area (Å²) < 4.78 is 0. The molecule has 9 aromatic rings. The molecule has 4 heteroatoms. The van der Waals surface area contributed by atoms with Crippen LogP contribution in [0.3, 0.4) is 0 Å². The van der Waals surface area contributed by atoms with Crippen molar-refractivity contribution in [1.29, 1.82) is 0 Å². The Hall–Kier alpha value is -7.56. The van der Waals surface area contributed by atoms with Crippen LogP contribution in [0.15, 0.2) is 194 Å². The maximum Gasteiger partial charge on any atom is 0.252 e. The van der Waals surface area contributed by atoms with E-state index in [-0.39, 0.29) is 28.4 Å². The summed E-state index contributed by atoms with van der Waals surface area (Å²) in [4.78, 5) is 7.87. The summed E-state index contributed by atoms with van der Waals surface area (Å²) in [5, 5.41) is 0. The van der Waals surface area contributed by atoms with Gasteiger partial charge in [0.2, 0.25) is 0 Å². The van der Waals surface area contributed by atoms with E-state index in [2.05, 4.69) is 278 Å². The molecule has 0 saturated carbocycles. The third-order valence-electron chi connectivity index (χ3n) is 17.0. The molecule has 2 aliphatic heterocycles. The summed E-state index contributed by atoms with van der Waals surface area (Å²) in [6, 6.07) is 74.5. The Kier molecular flexibility index (Phi) is 11.1. The molecule has 0 atom stereocenters. The molecule has 0 N–H and O–H groups in total. The zero-order valence-electron chi connectivity index (χ0n) is 46.2. The van der Waals surface area contributed by atoms with Crippen LogP contribution in [-0.2, 0) is 36.5 Å². The van der Waals surface area contributed by atoms with Crippen LogP contribution in [0.5, 0.6) is 0 Å². The lowest BCUT2D eigenvalue weighted by atomic mass is 9.33. The molecule has 76 heavy (non-hydrogen) atoms. The van der Waals surface area contributed by atoms with E-state index in [1.807, 2.05) is 0 Å². The average molecular weight is 988 g/mol. The lowest BCUT2D eigenvalue weighted by molar-refractivity contribution is 0.392. The molecule has 3 nitrogen and oxygen atoms in total. The van der Waals surface area contributed by atoms with Crippen molar-refractivity contribution >= 4 is 74.3 Å². The van der Waals surface area contributed by atoms with Gasteiger partial charge in [-0.1, -0.05) is 191 Å². The minimum absolute atomic E-state index is 0.0236. The van der Waals surface area contributed by atoms with E-state index < -0.39 is 0 Å². The van der Waals surface area contributed by atoms with E-state index in [4.69, 9.17) is 0 Å². The fourth-order valence-electron chi connectivity index (χ4n) is 13.4. The Bertz CT molecular complexity index is 3490. The zero-order valence-corrected chi connectivity index (χ0v) is 46.2. The summed E-state index contributed by atoms with van der Waals surface area (Å²) >= 11 is 0. The fourth-order valence-corrected chi connectivity index (χ4v) is 13.4. The van der Waals surface area contributed by atoms with Crippen LogP contribution in [0.25, 0.3) is 22.3 Å². The predicted molar refractivity (Wildman–Crippen MR) is 326 cm³/mol. The van der Waals surface area contributed by atoms with Crippen LogP contribution in [0, 0.1) is 10.8 Å². The molecule has 13 rings (SSSR count). The van der Waals surface area contributed by atoms with Crippen molar-refractivity contribution < 1.29 is 0 Å².